The zero-order valence-corrected chi connectivity index (χ0v) is 12.3. The molecule has 1 unspecified atom stereocenters. The number of nitrogens with zero attached hydrogens (tertiary/aromatic N) is 2. The van der Waals surface area contributed by atoms with Crippen molar-refractivity contribution in [1.82, 2.24) is 9.29 Å². The van der Waals surface area contributed by atoms with E-state index in [1.807, 2.05) is 0 Å². The quantitative estimate of drug-likeness (QED) is 0.743. The normalized spacial score (nSPS) is 14.2. The predicted molar refractivity (Wildman–Crippen MR) is 68.2 cm³/mol. The van der Waals surface area contributed by atoms with E-state index in [2.05, 4.69) is 4.98 Å². The van der Waals surface area contributed by atoms with Crippen LogP contribution < -0.4 is 0 Å². The number of thiazole rings is 1. The third-order valence-electron chi connectivity index (χ3n) is 2.07. The van der Waals surface area contributed by atoms with Gasteiger partial charge in [-0.2, -0.15) is 4.31 Å². The summed E-state index contributed by atoms with van der Waals surface area (Å²) in [5.41, 5.74) is 0. The Morgan fingerprint density at radius 2 is 2.29 bits per heavy atom. The number of aryl methyl sites for hydroxylation is 1. The summed E-state index contributed by atoms with van der Waals surface area (Å²) in [6.45, 7) is 2.27. The maximum Gasteiger partial charge on any atom is 0.253 e. The highest BCUT2D eigenvalue weighted by molar-refractivity contribution is 7.91. The van der Waals surface area contributed by atoms with Crippen LogP contribution in [0.3, 0.4) is 0 Å². The lowest BCUT2D eigenvalue weighted by molar-refractivity contribution is 0.192. The molecule has 1 heterocycles. The van der Waals surface area contributed by atoms with E-state index >= 15 is 0 Å². The molecule has 0 radical (unpaired) electrons. The molecule has 0 aliphatic rings. The summed E-state index contributed by atoms with van der Waals surface area (Å²) in [5.74, 6) is 0. The van der Waals surface area contributed by atoms with Gasteiger partial charge in [-0.25, -0.2) is 13.4 Å². The molecule has 5 nitrogen and oxygen atoms in total. The van der Waals surface area contributed by atoms with Gasteiger partial charge in [0.05, 0.1) is 23.2 Å². The van der Waals surface area contributed by atoms with E-state index in [4.69, 9.17) is 16.3 Å². The van der Waals surface area contributed by atoms with E-state index in [1.165, 1.54) is 24.7 Å². The van der Waals surface area contributed by atoms with E-state index in [0.29, 0.717) is 6.61 Å². The summed E-state index contributed by atoms with van der Waals surface area (Å²) in [6, 6.07) is 0. The molecular weight excluding hydrogens is 284 g/mol. The van der Waals surface area contributed by atoms with Crippen LogP contribution in [0, 0.1) is 6.92 Å². The SMILES string of the molecule is COCC(Cl)CN(C)S(=O)(=O)c1cnc(C)s1. The lowest BCUT2D eigenvalue weighted by Gasteiger charge is -2.18. The van der Waals surface area contributed by atoms with Gasteiger partial charge in [-0.3, -0.25) is 0 Å². The van der Waals surface area contributed by atoms with E-state index < -0.39 is 10.0 Å². The zero-order chi connectivity index (χ0) is 13.1. The van der Waals surface area contributed by atoms with Crippen molar-refractivity contribution >= 4 is 33.0 Å². The number of methoxy groups -OCH3 is 1. The maximum absolute atomic E-state index is 12.1. The van der Waals surface area contributed by atoms with Crippen molar-refractivity contribution in [3.63, 3.8) is 0 Å². The number of hydrogen-bond donors (Lipinski definition) is 0. The molecule has 0 saturated heterocycles. The first-order valence-electron chi connectivity index (χ1n) is 4.89. The molecule has 8 heteroatoms. The monoisotopic (exact) mass is 298 g/mol. The highest BCUT2D eigenvalue weighted by Gasteiger charge is 2.24. The zero-order valence-electron chi connectivity index (χ0n) is 9.88. The van der Waals surface area contributed by atoms with Crippen molar-refractivity contribution in [3.8, 4) is 0 Å². The topological polar surface area (TPSA) is 59.5 Å². The molecule has 0 fully saturated rings. The largest absolute Gasteiger partial charge is 0.383 e. The summed E-state index contributed by atoms with van der Waals surface area (Å²) in [7, 11) is -0.462. The summed E-state index contributed by atoms with van der Waals surface area (Å²) >= 11 is 7.08. The van der Waals surface area contributed by atoms with Crippen molar-refractivity contribution in [2.45, 2.75) is 16.5 Å². The fourth-order valence-electron chi connectivity index (χ4n) is 1.23. The molecule has 0 amide bonds. The number of rotatable bonds is 6. The molecule has 0 spiro atoms. The van der Waals surface area contributed by atoms with Crippen LogP contribution in [-0.4, -0.2) is 50.4 Å². The average Bonchev–Trinajstić information content (AvgIpc) is 2.65. The second-order valence-electron chi connectivity index (χ2n) is 3.54. The van der Waals surface area contributed by atoms with Crippen LogP contribution >= 0.6 is 22.9 Å². The van der Waals surface area contributed by atoms with Crippen molar-refractivity contribution in [2.75, 3.05) is 27.3 Å². The molecule has 0 aliphatic heterocycles. The van der Waals surface area contributed by atoms with Crippen LogP contribution in [0.2, 0.25) is 0 Å². The van der Waals surface area contributed by atoms with Crippen molar-refractivity contribution in [2.24, 2.45) is 0 Å². The summed E-state index contributed by atoms with van der Waals surface area (Å²) in [4.78, 5) is 3.94. The molecule has 98 valence electrons. The Morgan fingerprint density at radius 3 is 2.76 bits per heavy atom. The van der Waals surface area contributed by atoms with E-state index in [9.17, 15) is 8.42 Å². The standard InChI is InChI=1S/C9H15ClN2O3S2/c1-7-11-4-9(16-7)17(13,14)12(2)5-8(10)6-15-3/h4,8H,5-6H2,1-3H3. The molecular formula is C9H15ClN2O3S2. The molecule has 0 saturated carbocycles. The van der Waals surface area contributed by atoms with Crippen LogP contribution in [0.5, 0.6) is 0 Å². The first kappa shape index (κ1) is 14.8. The van der Waals surface area contributed by atoms with Crippen molar-refractivity contribution in [3.05, 3.63) is 11.2 Å². The Morgan fingerprint density at radius 1 is 1.65 bits per heavy atom. The predicted octanol–water partition coefficient (Wildman–Crippen LogP) is 1.33. The lowest BCUT2D eigenvalue weighted by atomic mass is 10.4. The van der Waals surface area contributed by atoms with Gasteiger partial charge in [0.15, 0.2) is 4.21 Å². The molecule has 0 aliphatic carbocycles. The summed E-state index contributed by atoms with van der Waals surface area (Å²) < 4.78 is 30.5. The van der Waals surface area contributed by atoms with E-state index in [-0.39, 0.29) is 16.1 Å². The van der Waals surface area contributed by atoms with Gasteiger partial charge in [0.2, 0.25) is 0 Å². The van der Waals surface area contributed by atoms with Gasteiger partial charge in [0.1, 0.15) is 0 Å². The van der Waals surface area contributed by atoms with Crippen LogP contribution in [0.4, 0.5) is 0 Å². The fourth-order valence-corrected chi connectivity index (χ4v) is 4.18. The molecule has 1 rings (SSSR count). The number of sulfonamides is 1. The fraction of sp³-hybridized carbons (Fsp3) is 0.667. The Kier molecular flexibility index (Phi) is 5.33. The number of alkyl halides is 1. The third kappa shape index (κ3) is 3.89. The van der Waals surface area contributed by atoms with Gasteiger partial charge < -0.3 is 4.74 Å². The second kappa shape index (κ2) is 6.10. The number of aromatic nitrogens is 1. The lowest BCUT2D eigenvalue weighted by Crippen LogP contribution is -2.33. The van der Waals surface area contributed by atoms with Crippen LogP contribution in [0.1, 0.15) is 5.01 Å². The van der Waals surface area contributed by atoms with Gasteiger partial charge in [-0.15, -0.1) is 22.9 Å². The van der Waals surface area contributed by atoms with Gasteiger partial charge in [-0.1, -0.05) is 0 Å². The first-order chi connectivity index (χ1) is 7.87. The number of hydrogen-bond acceptors (Lipinski definition) is 5. The Hall–Kier alpha value is -0.210. The summed E-state index contributed by atoms with van der Waals surface area (Å²) in [6.07, 6.45) is 1.37. The summed E-state index contributed by atoms with van der Waals surface area (Å²) in [5, 5.41) is 0.352. The number of halogens is 1. The average molecular weight is 299 g/mol. The molecule has 0 aromatic carbocycles. The van der Waals surface area contributed by atoms with Gasteiger partial charge >= 0.3 is 0 Å². The van der Waals surface area contributed by atoms with Crippen LogP contribution in [0.15, 0.2) is 10.4 Å². The third-order valence-corrected chi connectivity index (χ3v) is 5.50. The molecule has 0 bridgehead atoms. The highest BCUT2D eigenvalue weighted by Crippen LogP contribution is 2.21. The van der Waals surface area contributed by atoms with Crippen molar-refractivity contribution in [1.29, 1.82) is 0 Å². The first-order valence-corrected chi connectivity index (χ1v) is 7.59. The molecule has 1 atom stereocenters. The Balaban J connectivity index is 2.77. The molecule has 1 aromatic rings. The van der Waals surface area contributed by atoms with Crippen molar-refractivity contribution < 1.29 is 13.2 Å². The minimum atomic E-state index is -3.48. The number of ether oxygens (including phenoxy) is 1. The van der Waals surface area contributed by atoms with Gasteiger partial charge in [0, 0.05) is 20.7 Å². The molecule has 0 N–H and O–H groups in total. The Bertz CT molecular complexity index is 461. The van der Waals surface area contributed by atoms with Crippen LogP contribution in [0.25, 0.3) is 0 Å². The highest BCUT2D eigenvalue weighted by atomic mass is 35.5. The van der Waals surface area contributed by atoms with Crippen LogP contribution in [-0.2, 0) is 14.8 Å². The van der Waals surface area contributed by atoms with E-state index in [1.54, 1.807) is 6.92 Å². The Labute approximate surface area is 110 Å². The minimum absolute atomic E-state index is 0.203. The molecule has 1 aromatic heterocycles. The maximum atomic E-state index is 12.1. The van der Waals surface area contributed by atoms with Gasteiger partial charge in [0.25, 0.3) is 10.0 Å². The van der Waals surface area contributed by atoms with Gasteiger partial charge in [-0.05, 0) is 6.92 Å². The smallest absolute Gasteiger partial charge is 0.253 e. The van der Waals surface area contributed by atoms with E-state index in [0.717, 1.165) is 16.3 Å². The second-order valence-corrected chi connectivity index (χ2v) is 7.66. The molecule has 17 heavy (non-hydrogen) atoms. The minimum Gasteiger partial charge on any atom is -0.383 e.